The molecule has 0 aromatic heterocycles. The minimum absolute atomic E-state index is 0.0752. The Labute approximate surface area is 219 Å². The normalized spacial score (nSPS) is 27.1. The fraction of sp³-hybridized carbons (Fsp3) is 0.636. The first kappa shape index (κ1) is 26.7. The van der Waals surface area contributed by atoms with E-state index >= 15 is 4.39 Å². The van der Waals surface area contributed by atoms with E-state index in [0.717, 1.165) is 42.5 Å². The molecule has 2 heteroatoms. The molecule has 0 aliphatic heterocycles. The van der Waals surface area contributed by atoms with Gasteiger partial charge in [-0.1, -0.05) is 119 Å². The predicted octanol–water partition coefficient (Wildman–Crippen LogP) is 10.5. The summed E-state index contributed by atoms with van der Waals surface area (Å²) in [7, 11) is 0. The highest BCUT2D eigenvalue weighted by molar-refractivity contribution is 6.30. The largest absolute Gasteiger partial charge is 0.247 e. The van der Waals surface area contributed by atoms with Crippen molar-refractivity contribution in [3.8, 4) is 0 Å². The number of benzene rings is 2. The molecule has 4 rings (SSSR count). The van der Waals surface area contributed by atoms with Crippen LogP contribution in [0.1, 0.15) is 113 Å². The molecule has 2 aliphatic rings. The van der Waals surface area contributed by atoms with Gasteiger partial charge in [0.25, 0.3) is 0 Å². The Morgan fingerprint density at radius 3 is 2.11 bits per heavy atom. The molecule has 3 atom stereocenters. The molecule has 2 aromatic rings. The summed E-state index contributed by atoms with van der Waals surface area (Å²) in [6, 6.07) is 16.7. The second kappa shape index (κ2) is 13.8. The summed E-state index contributed by atoms with van der Waals surface area (Å²) in [5, 5.41) is 0.779. The van der Waals surface area contributed by atoms with Crippen molar-refractivity contribution in [2.75, 3.05) is 0 Å². The lowest BCUT2D eigenvalue weighted by Gasteiger charge is -2.34. The zero-order chi connectivity index (χ0) is 24.5. The van der Waals surface area contributed by atoms with Gasteiger partial charge in [-0.3, -0.25) is 0 Å². The van der Waals surface area contributed by atoms with Gasteiger partial charge in [0.05, 0.1) is 0 Å². The van der Waals surface area contributed by atoms with Gasteiger partial charge in [0.15, 0.2) is 0 Å². The summed E-state index contributed by atoms with van der Waals surface area (Å²) in [6.45, 7) is 2.30. The predicted molar refractivity (Wildman–Crippen MR) is 149 cm³/mol. The number of aryl methyl sites for hydroxylation is 2. The van der Waals surface area contributed by atoms with Crippen molar-refractivity contribution in [3.63, 3.8) is 0 Å². The smallest absolute Gasteiger partial charge is 0.107 e. The van der Waals surface area contributed by atoms with Crippen LogP contribution in [0.15, 0.2) is 48.5 Å². The Morgan fingerprint density at radius 2 is 1.40 bits per heavy atom. The molecule has 0 saturated heterocycles. The minimum Gasteiger partial charge on any atom is -0.247 e. The van der Waals surface area contributed by atoms with Crippen LogP contribution in [0.25, 0.3) is 0 Å². The second-order valence-electron chi connectivity index (χ2n) is 11.6. The quantitative estimate of drug-likeness (QED) is 0.271. The van der Waals surface area contributed by atoms with Crippen molar-refractivity contribution >= 4 is 11.6 Å². The number of unbranched alkanes of at least 4 members (excludes halogenated alkanes) is 2. The fourth-order valence-electron chi connectivity index (χ4n) is 6.83. The van der Waals surface area contributed by atoms with Gasteiger partial charge in [0.1, 0.15) is 6.17 Å². The number of rotatable bonds is 11. The van der Waals surface area contributed by atoms with E-state index in [9.17, 15) is 0 Å². The highest BCUT2D eigenvalue weighted by Gasteiger charge is 2.33. The molecule has 2 aromatic carbocycles. The summed E-state index contributed by atoms with van der Waals surface area (Å²) >= 11 is 6.04. The van der Waals surface area contributed by atoms with Crippen LogP contribution in [-0.2, 0) is 12.8 Å². The molecule has 2 fully saturated rings. The van der Waals surface area contributed by atoms with Gasteiger partial charge in [0, 0.05) is 10.9 Å². The molecule has 0 spiro atoms. The number of hydrogen-bond donors (Lipinski definition) is 0. The average Bonchev–Trinajstić information content (AvgIpc) is 2.88. The van der Waals surface area contributed by atoms with E-state index in [1.165, 1.54) is 87.3 Å². The van der Waals surface area contributed by atoms with E-state index in [4.69, 9.17) is 11.6 Å². The van der Waals surface area contributed by atoms with Crippen LogP contribution in [0.4, 0.5) is 4.39 Å². The van der Waals surface area contributed by atoms with Crippen molar-refractivity contribution < 1.29 is 4.39 Å². The molecule has 35 heavy (non-hydrogen) atoms. The van der Waals surface area contributed by atoms with Gasteiger partial charge in [-0.25, -0.2) is 4.39 Å². The Balaban J connectivity index is 1.22. The molecule has 0 amide bonds. The molecule has 2 saturated carbocycles. The zero-order valence-corrected chi connectivity index (χ0v) is 22.6. The first-order valence-corrected chi connectivity index (χ1v) is 15.0. The topological polar surface area (TPSA) is 0 Å². The SMILES string of the molecule is CCCCCC1CCC(CCC2CCC(c3ccccc3CCc3ccc(Cl)cc3)C(F)C2)CC1. The lowest BCUT2D eigenvalue weighted by Crippen LogP contribution is -2.26. The maximum Gasteiger partial charge on any atom is 0.107 e. The monoisotopic (exact) mass is 496 g/mol. The number of hydrogen-bond acceptors (Lipinski definition) is 0. The van der Waals surface area contributed by atoms with Crippen LogP contribution in [0.3, 0.4) is 0 Å². The summed E-state index contributed by atoms with van der Waals surface area (Å²) < 4.78 is 15.5. The standard InChI is InChI=1S/C33H46ClF/c1-2-3-4-7-25-10-12-26(13-11-25)14-15-28-19-23-32(33(35)24-28)31-9-6-5-8-29(31)20-16-27-17-21-30(34)22-18-27/h5-6,8-9,17-18,21-22,25-26,28,32-33H,2-4,7,10-16,19-20,23-24H2,1H3. The highest BCUT2D eigenvalue weighted by atomic mass is 35.5. The van der Waals surface area contributed by atoms with E-state index in [0.29, 0.717) is 5.92 Å². The van der Waals surface area contributed by atoms with Crippen LogP contribution in [-0.4, -0.2) is 6.17 Å². The van der Waals surface area contributed by atoms with Crippen molar-refractivity contribution in [2.45, 2.75) is 115 Å². The van der Waals surface area contributed by atoms with Gasteiger partial charge < -0.3 is 0 Å². The molecule has 0 radical (unpaired) electrons. The van der Waals surface area contributed by atoms with Gasteiger partial charge in [-0.05, 0) is 78.7 Å². The van der Waals surface area contributed by atoms with Crippen molar-refractivity contribution in [3.05, 3.63) is 70.2 Å². The summed E-state index contributed by atoms with van der Waals surface area (Å²) in [6.07, 6.45) is 18.1. The van der Waals surface area contributed by atoms with Crippen LogP contribution < -0.4 is 0 Å². The minimum atomic E-state index is -0.695. The first-order valence-electron chi connectivity index (χ1n) is 14.6. The number of halogens is 2. The molecular formula is C33H46ClF. The number of alkyl halides is 1. The Bertz CT molecular complexity index is 867. The zero-order valence-electron chi connectivity index (χ0n) is 21.9. The van der Waals surface area contributed by atoms with E-state index in [2.05, 4.69) is 43.3 Å². The van der Waals surface area contributed by atoms with E-state index in [-0.39, 0.29) is 5.92 Å². The van der Waals surface area contributed by atoms with Crippen LogP contribution in [0.5, 0.6) is 0 Å². The van der Waals surface area contributed by atoms with E-state index < -0.39 is 6.17 Å². The van der Waals surface area contributed by atoms with E-state index in [1.54, 1.807) is 0 Å². The average molecular weight is 497 g/mol. The van der Waals surface area contributed by atoms with Crippen molar-refractivity contribution in [1.29, 1.82) is 0 Å². The van der Waals surface area contributed by atoms with Gasteiger partial charge >= 0.3 is 0 Å². The lowest BCUT2D eigenvalue weighted by molar-refractivity contribution is 0.152. The summed E-state index contributed by atoms with van der Waals surface area (Å²) in [4.78, 5) is 0. The third-order valence-corrected chi connectivity index (χ3v) is 9.35. The molecule has 0 N–H and O–H groups in total. The fourth-order valence-corrected chi connectivity index (χ4v) is 6.95. The third kappa shape index (κ3) is 8.08. The molecule has 192 valence electrons. The van der Waals surface area contributed by atoms with Crippen LogP contribution in [0, 0.1) is 17.8 Å². The Kier molecular flexibility index (Phi) is 10.6. The maximum absolute atomic E-state index is 15.5. The molecule has 0 bridgehead atoms. The van der Waals surface area contributed by atoms with Gasteiger partial charge in [0.2, 0.25) is 0 Å². The van der Waals surface area contributed by atoms with E-state index in [1.807, 2.05) is 12.1 Å². The summed E-state index contributed by atoms with van der Waals surface area (Å²) in [5.41, 5.74) is 3.87. The molecular weight excluding hydrogens is 451 g/mol. The van der Waals surface area contributed by atoms with Gasteiger partial charge in [-0.2, -0.15) is 0 Å². The van der Waals surface area contributed by atoms with Crippen LogP contribution in [0.2, 0.25) is 5.02 Å². The Morgan fingerprint density at radius 1 is 0.743 bits per heavy atom. The first-order chi connectivity index (χ1) is 17.1. The van der Waals surface area contributed by atoms with Crippen LogP contribution >= 0.6 is 11.6 Å². The Hall–Kier alpha value is -1.34. The molecule has 0 heterocycles. The molecule has 3 unspecified atom stereocenters. The summed E-state index contributed by atoms with van der Waals surface area (Å²) in [5.74, 6) is 2.56. The van der Waals surface area contributed by atoms with Gasteiger partial charge in [-0.15, -0.1) is 0 Å². The van der Waals surface area contributed by atoms with Crippen molar-refractivity contribution in [2.24, 2.45) is 17.8 Å². The maximum atomic E-state index is 15.5. The third-order valence-electron chi connectivity index (χ3n) is 9.10. The lowest BCUT2D eigenvalue weighted by atomic mass is 9.72. The van der Waals surface area contributed by atoms with Crippen molar-refractivity contribution in [1.82, 2.24) is 0 Å². The molecule has 2 aliphatic carbocycles. The molecule has 0 nitrogen and oxygen atoms in total. The second-order valence-corrected chi connectivity index (χ2v) is 12.0. The highest BCUT2D eigenvalue weighted by Crippen LogP contribution is 2.42.